The van der Waals surface area contributed by atoms with E-state index in [-0.39, 0.29) is 5.69 Å². The van der Waals surface area contributed by atoms with Crippen LogP contribution in [0.5, 0.6) is 0 Å². The minimum atomic E-state index is -0.956. The van der Waals surface area contributed by atoms with E-state index in [2.05, 4.69) is 21.0 Å². The summed E-state index contributed by atoms with van der Waals surface area (Å²) in [6.45, 7) is 2.81. The highest BCUT2D eigenvalue weighted by molar-refractivity contribution is 9.10. The topological polar surface area (TPSA) is 55.1 Å². The van der Waals surface area contributed by atoms with Crippen LogP contribution in [0, 0.1) is 6.92 Å². The number of hydrogen-bond acceptors (Lipinski definition) is 2. The number of carboxylic acids is 1. The van der Waals surface area contributed by atoms with Crippen molar-refractivity contribution in [2.45, 2.75) is 32.7 Å². The molecule has 0 saturated heterocycles. The zero-order chi connectivity index (χ0) is 14.3. The van der Waals surface area contributed by atoms with Crippen molar-refractivity contribution in [2.75, 3.05) is 0 Å². The molecule has 3 rings (SSSR count). The third kappa shape index (κ3) is 2.16. The average molecular weight is 335 g/mol. The van der Waals surface area contributed by atoms with E-state index in [0.717, 1.165) is 52.7 Å². The van der Waals surface area contributed by atoms with Crippen LogP contribution in [-0.4, -0.2) is 20.9 Å². The summed E-state index contributed by atoms with van der Waals surface area (Å²) < 4.78 is 2.89. The maximum atomic E-state index is 11.5. The molecule has 2 heterocycles. The van der Waals surface area contributed by atoms with E-state index in [1.54, 1.807) is 0 Å². The Bertz CT molecular complexity index is 691. The molecule has 20 heavy (non-hydrogen) atoms. The number of halogens is 1. The lowest BCUT2D eigenvalue weighted by Gasteiger charge is -2.15. The number of rotatable bonds is 2. The number of nitrogens with zero attached hydrogens (tertiary/aromatic N) is 2. The lowest BCUT2D eigenvalue weighted by atomic mass is 9.97. The van der Waals surface area contributed by atoms with Crippen LogP contribution >= 0.6 is 15.9 Å². The first-order chi connectivity index (χ1) is 9.58. The standard InChI is InChI=1S/C15H15BrN2O2/c1-9-8-10(5-6-11(9)16)13-12-4-2-3-7-18(12)17-14(13)15(19)20/h5-6,8H,2-4,7H2,1H3,(H,19,20). The van der Waals surface area contributed by atoms with Crippen LogP contribution in [0.3, 0.4) is 0 Å². The Balaban J connectivity index is 2.22. The second kappa shape index (κ2) is 5.05. The minimum Gasteiger partial charge on any atom is -0.476 e. The zero-order valence-electron chi connectivity index (χ0n) is 11.2. The average Bonchev–Trinajstić information content (AvgIpc) is 2.81. The molecule has 0 spiro atoms. The fourth-order valence-corrected chi connectivity index (χ4v) is 2.99. The molecule has 0 radical (unpaired) electrons. The van der Waals surface area contributed by atoms with Crippen molar-refractivity contribution in [3.05, 3.63) is 39.6 Å². The number of aromatic nitrogens is 2. The highest BCUT2D eigenvalue weighted by atomic mass is 79.9. The van der Waals surface area contributed by atoms with Gasteiger partial charge in [-0.15, -0.1) is 0 Å². The number of hydrogen-bond donors (Lipinski definition) is 1. The van der Waals surface area contributed by atoms with Crippen molar-refractivity contribution in [3.8, 4) is 11.1 Å². The molecule has 1 aliphatic heterocycles. The lowest BCUT2D eigenvalue weighted by Crippen LogP contribution is -2.11. The van der Waals surface area contributed by atoms with Crippen LogP contribution in [0.4, 0.5) is 0 Å². The van der Waals surface area contributed by atoms with Gasteiger partial charge in [0, 0.05) is 22.3 Å². The van der Waals surface area contributed by atoms with E-state index in [9.17, 15) is 9.90 Å². The van der Waals surface area contributed by atoms with E-state index >= 15 is 0 Å². The van der Waals surface area contributed by atoms with Gasteiger partial charge in [-0.3, -0.25) is 4.68 Å². The van der Waals surface area contributed by atoms with E-state index in [1.165, 1.54) is 0 Å². The fraction of sp³-hybridized carbons (Fsp3) is 0.333. The molecular weight excluding hydrogens is 320 g/mol. The predicted molar refractivity (Wildman–Crippen MR) is 80.0 cm³/mol. The van der Waals surface area contributed by atoms with Crippen molar-refractivity contribution in [1.82, 2.24) is 9.78 Å². The fourth-order valence-electron chi connectivity index (χ4n) is 2.74. The van der Waals surface area contributed by atoms with E-state index < -0.39 is 5.97 Å². The number of fused-ring (bicyclic) bond motifs is 1. The molecule has 104 valence electrons. The maximum absolute atomic E-state index is 11.5. The molecule has 0 atom stereocenters. The second-order valence-corrected chi connectivity index (χ2v) is 5.97. The summed E-state index contributed by atoms with van der Waals surface area (Å²) in [5, 5.41) is 13.7. The summed E-state index contributed by atoms with van der Waals surface area (Å²) in [5.74, 6) is -0.956. The first kappa shape index (κ1) is 13.4. The summed E-state index contributed by atoms with van der Waals surface area (Å²) in [7, 11) is 0. The van der Waals surface area contributed by atoms with Crippen LogP contribution in [0.15, 0.2) is 22.7 Å². The van der Waals surface area contributed by atoms with Gasteiger partial charge in [0.1, 0.15) is 0 Å². The summed E-state index contributed by atoms with van der Waals surface area (Å²) in [6.07, 6.45) is 3.05. The summed E-state index contributed by atoms with van der Waals surface area (Å²) in [5.41, 5.74) is 4.03. The van der Waals surface area contributed by atoms with E-state index in [1.807, 2.05) is 29.8 Å². The normalized spacial score (nSPS) is 14.1. The van der Waals surface area contributed by atoms with Gasteiger partial charge >= 0.3 is 5.97 Å². The largest absolute Gasteiger partial charge is 0.476 e. The van der Waals surface area contributed by atoms with Gasteiger partial charge < -0.3 is 5.11 Å². The summed E-state index contributed by atoms with van der Waals surface area (Å²) in [6, 6.07) is 5.93. The Morgan fingerprint density at radius 2 is 2.20 bits per heavy atom. The summed E-state index contributed by atoms with van der Waals surface area (Å²) >= 11 is 3.48. The smallest absolute Gasteiger partial charge is 0.357 e. The minimum absolute atomic E-state index is 0.170. The first-order valence-corrected chi connectivity index (χ1v) is 7.46. The van der Waals surface area contributed by atoms with Crippen LogP contribution in [0.25, 0.3) is 11.1 Å². The van der Waals surface area contributed by atoms with Gasteiger partial charge in [0.05, 0.1) is 0 Å². The van der Waals surface area contributed by atoms with Gasteiger partial charge in [0.25, 0.3) is 0 Å². The number of aromatic carboxylic acids is 1. The van der Waals surface area contributed by atoms with Gasteiger partial charge in [-0.05, 0) is 43.4 Å². The van der Waals surface area contributed by atoms with Crippen LogP contribution < -0.4 is 0 Å². The molecule has 1 aromatic carbocycles. The Morgan fingerprint density at radius 1 is 1.40 bits per heavy atom. The maximum Gasteiger partial charge on any atom is 0.357 e. The van der Waals surface area contributed by atoms with Crippen molar-refractivity contribution >= 4 is 21.9 Å². The third-order valence-electron chi connectivity index (χ3n) is 3.74. The van der Waals surface area contributed by atoms with Crippen LogP contribution in [0.2, 0.25) is 0 Å². The Hall–Kier alpha value is -1.62. The van der Waals surface area contributed by atoms with Crippen molar-refractivity contribution in [3.63, 3.8) is 0 Å². The highest BCUT2D eigenvalue weighted by Crippen LogP contribution is 2.33. The van der Waals surface area contributed by atoms with Gasteiger partial charge in [0.15, 0.2) is 5.69 Å². The predicted octanol–water partition coefficient (Wildman–Crippen LogP) is 3.66. The van der Waals surface area contributed by atoms with Crippen molar-refractivity contribution in [2.24, 2.45) is 0 Å². The molecule has 5 heteroatoms. The molecule has 0 bridgehead atoms. The zero-order valence-corrected chi connectivity index (χ0v) is 12.8. The Kier molecular flexibility index (Phi) is 3.38. The molecule has 1 N–H and O–H groups in total. The third-order valence-corrected chi connectivity index (χ3v) is 4.63. The Labute approximate surface area is 125 Å². The van der Waals surface area contributed by atoms with Gasteiger partial charge in [-0.25, -0.2) is 4.79 Å². The second-order valence-electron chi connectivity index (χ2n) is 5.12. The highest BCUT2D eigenvalue weighted by Gasteiger charge is 2.25. The number of carbonyl (C=O) groups is 1. The van der Waals surface area contributed by atoms with Gasteiger partial charge in [-0.2, -0.15) is 5.10 Å². The molecule has 0 saturated carbocycles. The summed E-state index contributed by atoms with van der Waals surface area (Å²) in [4.78, 5) is 11.5. The Morgan fingerprint density at radius 3 is 2.90 bits per heavy atom. The van der Waals surface area contributed by atoms with Gasteiger partial charge in [-0.1, -0.05) is 28.1 Å². The molecule has 1 aromatic heterocycles. The van der Waals surface area contributed by atoms with Crippen molar-refractivity contribution in [1.29, 1.82) is 0 Å². The monoisotopic (exact) mass is 334 g/mol. The van der Waals surface area contributed by atoms with Crippen molar-refractivity contribution < 1.29 is 9.90 Å². The molecule has 0 amide bonds. The quantitative estimate of drug-likeness (QED) is 0.911. The molecular formula is C15H15BrN2O2. The number of benzene rings is 1. The molecule has 4 nitrogen and oxygen atoms in total. The number of aryl methyl sites for hydroxylation is 2. The van der Waals surface area contributed by atoms with Gasteiger partial charge in [0.2, 0.25) is 0 Å². The van der Waals surface area contributed by atoms with E-state index in [4.69, 9.17) is 0 Å². The molecule has 2 aromatic rings. The lowest BCUT2D eigenvalue weighted by molar-refractivity contribution is 0.0690. The molecule has 0 fully saturated rings. The van der Waals surface area contributed by atoms with E-state index in [0.29, 0.717) is 0 Å². The SMILES string of the molecule is Cc1cc(-c2c(C(=O)O)nn3c2CCCC3)ccc1Br. The molecule has 0 aliphatic carbocycles. The number of carboxylic acid groups (broad SMARTS) is 1. The first-order valence-electron chi connectivity index (χ1n) is 6.67. The van der Waals surface area contributed by atoms with Crippen LogP contribution in [-0.2, 0) is 13.0 Å². The van der Waals surface area contributed by atoms with Crippen LogP contribution in [0.1, 0.15) is 34.6 Å². The molecule has 1 aliphatic rings. The molecule has 0 unspecified atom stereocenters.